The van der Waals surface area contributed by atoms with E-state index in [0.29, 0.717) is 6.54 Å². The highest BCUT2D eigenvalue weighted by atomic mass is 16.2. The zero-order chi connectivity index (χ0) is 20.1. The molecule has 2 saturated heterocycles. The number of hydrogen-bond acceptors (Lipinski definition) is 5. The van der Waals surface area contributed by atoms with Gasteiger partial charge >= 0.3 is 6.03 Å². The molecule has 5 rings (SSSR count). The van der Waals surface area contributed by atoms with Crippen LogP contribution in [-0.4, -0.2) is 64.9 Å². The first kappa shape index (κ1) is 17.7. The predicted octanol–water partition coefficient (Wildman–Crippen LogP) is 2.28. The van der Waals surface area contributed by atoms with E-state index in [1.54, 1.807) is 11.9 Å². The number of rotatable bonds is 3. The number of nitrogens with zero attached hydrogens (tertiary/aromatic N) is 5. The minimum Gasteiger partial charge on any atom is -0.325 e. The summed E-state index contributed by atoms with van der Waals surface area (Å²) in [5.74, 6) is 0.604. The summed E-state index contributed by atoms with van der Waals surface area (Å²) in [4.78, 5) is 38.3. The number of carbonyl (C=O) groups excluding carboxylic acids is 2. The molecule has 3 amide bonds. The fraction of sp³-hybridized carbons (Fsp3) is 0.318. The number of amides is 3. The lowest BCUT2D eigenvalue weighted by Gasteiger charge is -2.40. The average Bonchev–Trinajstić information content (AvgIpc) is 3.31. The number of aryl methyl sites for hydroxylation is 1. The highest BCUT2D eigenvalue weighted by Crippen LogP contribution is 2.33. The standard InChI is InChI=1S/C22H23N5O2/c1-15-8-6-7-9-16(15)14-27-20(28)18-19(24(2)22(27)29)23-21-25(12-13-26(18)21)17-10-4-3-5-11-17/h3-11,18-19H,12-14H2,1-2H3. The van der Waals surface area contributed by atoms with E-state index in [4.69, 9.17) is 4.99 Å². The lowest BCUT2D eigenvalue weighted by atomic mass is 10.1. The Morgan fingerprint density at radius 3 is 2.48 bits per heavy atom. The molecule has 0 spiro atoms. The van der Waals surface area contributed by atoms with Gasteiger partial charge in [-0.1, -0.05) is 42.5 Å². The fourth-order valence-electron chi connectivity index (χ4n) is 4.39. The van der Waals surface area contributed by atoms with Crippen LogP contribution in [0.5, 0.6) is 0 Å². The van der Waals surface area contributed by atoms with Crippen molar-refractivity contribution in [1.29, 1.82) is 0 Å². The van der Waals surface area contributed by atoms with Crippen molar-refractivity contribution in [3.05, 3.63) is 65.7 Å². The summed E-state index contributed by atoms with van der Waals surface area (Å²) in [6, 6.07) is 17.1. The van der Waals surface area contributed by atoms with E-state index < -0.39 is 12.2 Å². The minimum absolute atomic E-state index is 0.171. The molecule has 0 radical (unpaired) electrons. The van der Waals surface area contributed by atoms with Crippen molar-refractivity contribution in [1.82, 2.24) is 14.7 Å². The maximum absolute atomic E-state index is 13.4. The third-order valence-corrected chi connectivity index (χ3v) is 6.03. The van der Waals surface area contributed by atoms with Gasteiger partial charge in [0, 0.05) is 25.8 Å². The SMILES string of the molecule is Cc1ccccc1CN1C(=O)C2C(N=C3N(c4ccccc4)CCN32)N(C)C1=O. The molecule has 3 heterocycles. The Balaban J connectivity index is 1.45. The van der Waals surface area contributed by atoms with Crippen LogP contribution in [0.25, 0.3) is 0 Å². The summed E-state index contributed by atoms with van der Waals surface area (Å²) in [5, 5.41) is 0. The van der Waals surface area contributed by atoms with Crippen LogP contribution in [0.15, 0.2) is 59.6 Å². The lowest BCUT2D eigenvalue weighted by molar-refractivity contribution is -0.137. The first-order valence-electron chi connectivity index (χ1n) is 9.86. The van der Waals surface area contributed by atoms with Gasteiger partial charge in [0.05, 0.1) is 6.54 Å². The number of aliphatic imine (C=N–C) groups is 1. The Kier molecular flexibility index (Phi) is 4.04. The van der Waals surface area contributed by atoms with Crippen LogP contribution < -0.4 is 4.90 Å². The molecule has 0 N–H and O–H groups in total. The molecule has 0 aromatic heterocycles. The maximum atomic E-state index is 13.4. The zero-order valence-electron chi connectivity index (χ0n) is 16.5. The molecular formula is C22H23N5O2. The second-order valence-electron chi connectivity index (χ2n) is 7.71. The maximum Gasteiger partial charge on any atom is 0.328 e. The topological polar surface area (TPSA) is 59.5 Å². The Labute approximate surface area is 169 Å². The molecule has 148 valence electrons. The molecule has 2 atom stereocenters. The first-order valence-corrected chi connectivity index (χ1v) is 9.86. The third-order valence-electron chi connectivity index (χ3n) is 6.03. The number of benzene rings is 2. The minimum atomic E-state index is -0.482. The van der Waals surface area contributed by atoms with Crippen molar-refractivity contribution >= 4 is 23.6 Å². The van der Waals surface area contributed by atoms with Gasteiger partial charge in [-0.3, -0.25) is 9.69 Å². The van der Waals surface area contributed by atoms with Crippen LogP contribution in [-0.2, 0) is 11.3 Å². The van der Waals surface area contributed by atoms with Gasteiger partial charge in [0.2, 0.25) is 5.96 Å². The molecule has 0 saturated carbocycles. The summed E-state index contributed by atoms with van der Waals surface area (Å²) in [6.07, 6.45) is -0.482. The molecule has 3 aliphatic heterocycles. The summed E-state index contributed by atoms with van der Waals surface area (Å²) < 4.78 is 0. The van der Waals surface area contributed by atoms with Crippen molar-refractivity contribution in [3.63, 3.8) is 0 Å². The van der Waals surface area contributed by atoms with E-state index in [-0.39, 0.29) is 18.5 Å². The molecule has 0 aliphatic carbocycles. The van der Waals surface area contributed by atoms with Crippen LogP contribution in [0.2, 0.25) is 0 Å². The van der Waals surface area contributed by atoms with Gasteiger partial charge in [0.25, 0.3) is 5.91 Å². The molecule has 2 aromatic carbocycles. The average molecular weight is 389 g/mol. The van der Waals surface area contributed by atoms with Crippen LogP contribution in [0.1, 0.15) is 11.1 Å². The van der Waals surface area contributed by atoms with E-state index in [1.165, 1.54) is 4.90 Å². The predicted molar refractivity (Wildman–Crippen MR) is 110 cm³/mol. The number of guanidine groups is 1. The number of carbonyl (C=O) groups is 2. The van der Waals surface area contributed by atoms with Gasteiger partial charge in [-0.15, -0.1) is 0 Å². The van der Waals surface area contributed by atoms with Crippen molar-refractivity contribution in [3.8, 4) is 0 Å². The van der Waals surface area contributed by atoms with E-state index in [0.717, 1.165) is 29.3 Å². The van der Waals surface area contributed by atoms with Crippen LogP contribution in [0.3, 0.4) is 0 Å². The monoisotopic (exact) mass is 389 g/mol. The molecule has 2 unspecified atom stereocenters. The van der Waals surface area contributed by atoms with E-state index in [1.807, 2.05) is 66.4 Å². The Morgan fingerprint density at radius 1 is 1.00 bits per heavy atom. The molecule has 3 aliphatic rings. The van der Waals surface area contributed by atoms with Crippen LogP contribution >= 0.6 is 0 Å². The zero-order valence-corrected chi connectivity index (χ0v) is 16.5. The third kappa shape index (κ3) is 2.68. The van der Waals surface area contributed by atoms with Crippen LogP contribution in [0, 0.1) is 6.92 Å². The van der Waals surface area contributed by atoms with Crippen molar-refractivity contribution in [2.75, 3.05) is 25.0 Å². The molecule has 7 nitrogen and oxygen atoms in total. The first-order chi connectivity index (χ1) is 14.1. The molecule has 0 bridgehead atoms. The lowest BCUT2D eigenvalue weighted by Crippen LogP contribution is -2.64. The van der Waals surface area contributed by atoms with E-state index >= 15 is 0 Å². The summed E-state index contributed by atoms with van der Waals surface area (Å²) in [5.41, 5.74) is 3.09. The highest BCUT2D eigenvalue weighted by molar-refractivity contribution is 6.07. The number of anilines is 1. The van der Waals surface area contributed by atoms with Crippen molar-refractivity contribution < 1.29 is 9.59 Å². The van der Waals surface area contributed by atoms with Crippen molar-refractivity contribution in [2.24, 2.45) is 4.99 Å². The van der Waals surface area contributed by atoms with Crippen LogP contribution in [0.4, 0.5) is 10.5 Å². The summed E-state index contributed by atoms with van der Waals surface area (Å²) in [7, 11) is 1.73. The summed E-state index contributed by atoms with van der Waals surface area (Å²) in [6.45, 7) is 3.76. The molecular weight excluding hydrogens is 366 g/mol. The molecule has 7 heteroatoms. The van der Waals surface area contributed by atoms with Gasteiger partial charge in [0.15, 0.2) is 12.2 Å². The Morgan fingerprint density at radius 2 is 1.72 bits per heavy atom. The second kappa shape index (κ2) is 6.62. The molecule has 2 aromatic rings. The number of urea groups is 1. The van der Waals surface area contributed by atoms with E-state index in [2.05, 4.69) is 4.90 Å². The fourth-order valence-corrected chi connectivity index (χ4v) is 4.39. The largest absolute Gasteiger partial charge is 0.328 e. The number of fused-ring (bicyclic) bond motifs is 3. The van der Waals surface area contributed by atoms with Gasteiger partial charge in [0.1, 0.15) is 0 Å². The second-order valence-corrected chi connectivity index (χ2v) is 7.71. The quantitative estimate of drug-likeness (QED) is 0.808. The number of hydrogen-bond donors (Lipinski definition) is 0. The number of imide groups is 1. The molecule has 29 heavy (non-hydrogen) atoms. The number of para-hydroxylation sites is 1. The van der Waals surface area contributed by atoms with Gasteiger partial charge in [-0.2, -0.15) is 0 Å². The van der Waals surface area contributed by atoms with E-state index in [9.17, 15) is 9.59 Å². The Hall–Kier alpha value is -3.35. The Bertz CT molecular complexity index is 1010. The summed E-state index contributed by atoms with van der Waals surface area (Å²) >= 11 is 0. The van der Waals surface area contributed by atoms with Gasteiger partial charge < -0.3 is 14.7 Å². The smallest absolute Gasteiger partial charge is 0.325 e. The van der Waals surface area contributed by atoms with Gasteiger partial charge in [-0.05, 0) is 30.2 Å². The van der Waals surface area contributed by atoms with Crippen molar-refractivity contribution in [2.45, 2.75) is 25.7 Å². The number of likely N-dealkylation sites (N-methyl/N-ethyl adjacent to an activating group) is 1. The highest BCUT2D eigenvalue weighted by Gasteiger charge is 2.54. The molecule has 2 fully saturated rings. The van der Waals surface area contributed by atoms with Gasteiger partial charge in [-0.25, -0.2) is 9.79 Å². The normalized spacial score (nSPS) is 23.4.